The average molecular weight is 427 g/mol. The summed E-state index contributed by atoms with van der Waals surface area (Å²) in [6.07, 6.45) is 0. The van der Waals surface area contributed by atoms with Crippen molar-refractivity contribution in [2.45, 2.75) is 13.8 Å². The first-order chi connectivity index (χ1) is 14.7. The molecular weight excluding hydrogens is 406 g/mol. The molecule has 2 rings (SSSR count). The first-order valence-corrected chi connectivity index (χ1v) is 8.86. The molecule has 5 N–H and O–H groups in total. The molecule has 12 nitrogen and oxygen atoms in total. The van der Waals surface area contributed by atoms with Gasteiger partial charge in [-0.3, -0.25) is 20.3 Å². The minimum absolute atomic E-state index is 0.00605. The second-order valence-corrected chi connectivity index (χ2v) is 6.18. The highest BCUT2D eigenvalue weighted by atomic mass is 16.6. The number of methoxy groups -OCH3 is 1. The molecule has 0 unspecified atom stereocenters. The van der Waals surface area contributed by atoms with Crippen LogP contribution in [-0.2, 0) is 4.79 Å². The number of urea groups is 1. The van der Waals surface area contributed by atoms with E-state index in [-0.39, 0.29) is 22.8 Å². The summed E-state index contributed by atoms with van der Waals surface area (Å²) in [4.78, 5) is 34.6. The molecule has 0 spiro atoms. The number of carbonyl (C=O) groups is 2. The smallest absolute Gasteiger partial charge is 0.332 e. The Morgan fingerprint density at radius 2 is 1.84 bits per heavy atom. The molecular formula is C19H21N7O5. The van der Waals surface area contributed by atoms with Crippen LogP contribution in [0.4, 0.5) is 21.9 Å². The zero-order valence-corrected chi connectivity index (χ0v) is 17.0. The highest BCUT2D eigenvalue weighted by molar-refractivity contribution is 6.68. The van der Waals surface area contributed by atoms with Crippen molar-refractivity contribution in [2.24, 2.45) is 15.9 Å². The van der Waals surface area contributed by atoms with E-state index in [0.717, 1.165) is 0 Å². The summed E-state index contributed by atoms with van der Waals surface area (Å²) in [6.45, 7) is 3.11. The van der Waals surface area contributed by atoms with Crippen molar-refractivity contribution < 1.29 is 19.2 Å². The number of anilines is 2. The van der Waals surface area contributed by atoms with Gasteiger partial charge in [-0.15, -0.1) is 0 Å². The standard InChI is InChI=1S/C19H21N7O5/c1-11-8-9-13(15(10-11)26(29)30)23-24-17(12(2)22-25-19(20)28)18(27)21-14-6-4-5-7-16(14)31-3/h4-10,23H,1-3H3,(H,21,27)(H3,20,25,28)/b22-12+,24-17-. The first-order valence-electron chi connectivity index (χ1n) is 8.86. The molecule has 0 bridgehead atoms. The minimum Gasteiger partial charge on any atom is -0.495 e. The number of para-hydroxylation sites is 2. The van der Waals surface area contributed by atoms with Crippen LogP contribution in [0.5, 0.6) is 5.75 Å². The number of hydrazone groups is 2. The molecule has 0 aliphatic carbocycles. The lowest BCUT2D eigenvalue weighted by molar-refractivity contribution is -0.384. The van der Waals surface area contributed by atoms with Crippen molar-refractivity contribution in [1.29, 1.82) is 0 Å². The fraction of sp³-hybridized carbons (Fsp3) is 0.158. The number of primary amides is 1. The van der Waals surface area contributed by atoms with Crippen LogP contribution in [-0.4, -0.2) is 35.4 Å². The van der Waals surface area contributed by atoms with Crippen LogP contribution in [0.2, 0.25) is 0 Å². The number of benzene rings is 2. The Morgan fingerprint density at radius 1 is 1.13 bits per heavy atom. The minimum atomic E-state index is -0.939. The number of nitrogens with one attached hydrogen (secondary N) is 3. The summed E-state index contributed by atoms with van der Waals surface area (Å²) in [5.41, 5.74) is 10.1. The van der Waals surface area contributed by atoms with E-state index in [1.165, 1.54) is 26.2 Å². The highest BCUT2D eigenvalue weighted by Crippen LogP contribution is 2.26. The van der Waals surface area contributed by atoms with E-state index in [4.69, 9.17) is 10.5 Å². The fourth-order valence-corrected chi connectivity index (χ4v) is 2.42. The maximum Gasteiger partial charge on any atom is 0.332 e. The molecule has 31 heavy (non-hydrogen) atoms. The van der Waals surface area contributed by atoms with Crippen LogP contribution in [0.15, 0.2) is 52.7 Å². The van der Waals surface area contributed by atoms with Crippen molar-refractivity contribution in [3.05, 3.63) is 58.1 Å². The summed E-state index contributed by atoms with van der Waals surface area (Å²) < 4.78 is 5.20. The molecule has 0 aliphatic rings. The van der Waals surface area contributed by atoms with E-state index < -0.39 is 16.9 Å². The SMILES string of the molecule is COc1ccccc1NC(=O)C(=N\Nc1ccc(C)cc1[N+](=O)[O-])/C(C)=N/NC(N)=O. The van der Waals surface area contributed by atoms with E-state index in [2.05, 4.69) is 20.9 Å². The fourth-order valence-electron chi connectivity index (χ4n) is 2.42. The van der Waals surface area contributed by atoms with E-state index in [1.807, 2.05) is 5.43 Å². The number of ether oxygens (including phenoxy) is 1. The Hall–Kier alpha value is -4.48. The van der Waals surface area contributed by atoms with Gasteiger partial charge in [-0.25, -0.2) is 10.2 Å². The molecule has 0 aliphatic heterocycles. The normalized spacial score (nSPS) is 11.5. The molecule has 2 aromatic rings. The predicted octanol–water partition coefficient (Wildman–Crippen LogP) is 2.36. The van der Waals surface area contributed by atoms with Gasteiger partial charge in [0.2, 0.25) is 0 Å². The maximum absolute atomic E-state index is 12.9. The number of nitro groups is 1. The quantitative estimate of drug-likeness (QED) is 0.286. The number of rotatable bonds is 8. The number of nitrogens with zero attached hydrogens (tertiary/aromatic N) is 3. The van der Waals surface area contributed by atoms with Gasteiger partial charge >= 0.3 is 6.03 Å². The van der Waals surface area contributed by atoms with Crippen LogP contribution < -0.4 is 26.6 Å². The Bertz CT molecular complexity index is 1070. The lowest BCUT2D eigenvalue weighted by atomic mass is 10.2. The van der Waals surface area contributed by atoms with Gasteiger partial charge in [-0.2, -0.15) is 10.2 Å². The molecule has 0 saturated heterocycles. The number of carbonyl (C=O) groups excluding carboxylic acids is 2. The number of hydrogen-bond donors (Lipinski definition) is 4. The Balaban J connectivity index is 2.41. The van der Waals surface area contributed by atoms with Gasteiger partial charge in [0.1, 0.15) is 11.4 Å². The van der Waals surface area contributed by atoms with Crippen molar-refractivity contribution in [2.75, 3.05) is 17.9 Å². The maximum atomic E-state index is 12.9. The summed E-state index contributed by atoms with van der Waals surface area (Å²) in [7, 11) is 1.45. The van der Waals surface area contributed by atoms with Crippen LogP contribution >= 0.6 is 0 Å². The van der Waals surface area contributed by atoms with Crippen LogP contribution in [0.1, 0.15) is 12.5 Å². The molecule has 0 fully saturated rings. The van der Waals surface area contributed by atoms with Gasteiger partial charge in [0.15, 0.2) is 5.71 Å². The van der Waals surface area contributed by atoms with Gasteiger partial charge < -0.3 is 15.8 Å². The lowest BCUT2D eigenvalue weighted by Gasteiger charge is -2.12. The van der Waals surface area contributed by atoms with Crippen LogP contribution in [0, 0.1) is 17.0 Å². The zero-order valence-electron chi connectivity index (χ0n) is 17.0. The summed E-state index contributed by atoms with van der Waals surface area (Å²) >= 11 is 0. The summed E-state index contributed by atoms with van der Waals surface area (Å²) in [6, 6.07) is 10.2. The van der Waals surface area contributed by atoms with Crippen molar-refractivity contribution in [3.8, 4) is 5.75 Å². The lowest BCUT2D eigenvalue weighted by Crippen LogP contribution is -2.33. The van der Waals surface area contributed by atoms with Crippen molar-refractivity contribution >= 4 is 40.4 Å². The number of nitrogens with two attached hydrogens (primary N) is 1. The Kier molecular flexibility index (Phi) is 7.61. The summed E-state index contributed by atoms with van der Waals surface area (Å²) in [5.74, 6) is -0.304. The molecule has 12 heteroatoms. The molecule has 0 radical (unpaired) electrons. The van der Waals surface area contributed by atoms with Crippen LogP contribution in [0.3, 0.4) is 0 Å². The van der Waals surface area contributed by atoms with Gasteiger partial charge in [-0.1, -0.05) is 18.2 Å². The number of nitro benzene ring substituents is 1. The van der Waals surface area contributed by atoms with Gasteiger partial charge in [0, 0.05) is 6.07 Å². The largest absolute Gasteiger partial charge is 0.495 e. The molecule has 3 amide bonds. The third-order valence-corrected chi connectivity index (χ3v) is 3.88. The Labute approximate surface area is 177 Å². The van der Waals surface area contributed by atoms with Gasteiger partial charge in [-0.05, 0) is 37.6 Å². The van der Waals surface area contributed by atoms with Crippen molar-refractivity contribution in [3.63, 3.8) is 0 Å². The molecule has 0 aromatic heterocycles. The summed E-state index contributed by atoms with van der Waals surface area (Å²) in [5, 5.41) is 21.6. The average Bonchev–Trinajstić information content (AvgIpc) is 2.73. The molecule has 2 aromatic carbocycles. The Morgan fingerprint density at radius 3 is 2.48 bits per heavy atom. The number of hydrogen-bond acceptors (Lipinski definition) is 8. The van der Waals surface area contributed by atoms with E-state index in [1.54, 1.807) is 37.3 Å². The first kappa shape index (κ1) is 22.8. The molecule has 0 atom stereocenters. The third-order valence-electron chi connectivity index (χ3n) is 3.88. The van der Waals surface area contributed by atoms with Gasteiger partial charge in [0.05, 0.1) is 23.4 Å². The second kappa shape index (κ2) is 10.3. The van der Waals surface area contributed by atoms with Crippen molar-refractivity contribution in [1.82, 2.24) is 5.43 Å². The molecule has 0 heterocycles. The van der Waals surface area contributed by atoms with E-state index >= 15 is 0 Å². The zero-order chi connectivity index (χ0) is 23.0. The second-order valence-electron chi connectivity index (χ2n) is 6.18. The monoisotopic (exact) mass is 427 g/mol. The molecule has 0 saturated carbocycles. The van der Waals surface area contributed by atoms with E-state index in [0.29, 0.717) is 17.0 Å². The van der Waals surface area contributed by atoms with Crippen LogP contribution in [0.25, 0.3) is 0 Å². The van der Waals surface area contributed by atoms with Gasteiger partial charge in [0.25, 0.3) is 11.6 Å². The highest BCUT2D eigenvalue weighted by Gasteiger charge is 2.19. The molecule has 162 valence electrons. The number of aryl methyl sites for hydroxylation is 1. The predicted molar refractivity (Wildman–Crippen MR) is 116 cm³/mol. The topological polar surface area (TPSA) is 173 Å². The number of amides is 3. The van der Waals surface area contributed by atoms with E-state index in [9.17, 15) is 19.7 Å². The third kappa shape index (κ3) is 6.25.